The van der Waals surface area contributed by atoms with E-state index in [4.69, 9.17) is 5.73 Å². The normalized spacial score (nSPS) is 25.7. The van der Waals surface area contributed by atoms with E-state index in [1.54, 1.807) is 4.90 Å². The third-order valence-corrected chi connectivity index (χ3v) is 6.81. The topological polar surface area (TPSA) is 88.6 Å². The first-order valence-electron chi connectivity index (χ1n) is 10.3. The Labute approximate surface area is 171 Å². The molecule has 30 heavy (non-hydrogen) atoms. The highest BCUT2D eigenvalue weighted by Crippen LogP contribution is 2.42. The standard InChI is InChI=1S/C22H23F2N3O3/c23-17-6-14-19(27(13-4-5-13)10-16(21(14)28)22(29)30)18(24)20(17)26-8-12-3-1-2-11(7-25)15(12)9-26/h1,3,6,10-13,15H,2,4-5,7-9,25H2,(H,29,30)/t11-,12?,15?/m1/s1. The van der Waals surface area contributed by atoms with E-state index < -0.39 is 28.6 Å². The van der Waals surface area contributed by atoms with Crippen LogP contribution >= 0.6 is 0 Å². The van der Waals surface area contributed by atoms with Gasteiger partial charge in [-0.15, -0.1) is 0 Å². The number of carbonyl (C=O) groups is 1. The lowest BCUT2D eigenvalue weighted by Gasteiger charge is -2.27. The Morgan fingerprint density at radius 1 is 1.27 bits per heavy atom. The lowest BCUT2D eigenvalue weighted by atomic mass is 9.78. The number of benzene rings is 1. The molecule has 1 aliphatic heterocycles. The van der Waals surface area contributed by atoms with Gasteiger partial charge in [0.2, 0.25) is 5.43 Å². The Bertz CT molecular complexity index is 1140. The zero-order chi connectivity index (χ0) is 21.2. The molecular weight excluding hydrogens is 392 g/mol. The first-order valence-corrected chi connectivity index (χ1v) is 10.3. The molecule has 3 N–H and O–H groups in total. The van der Waals surface area contributed by atoms with E-state index in [1.165, 1.54) is 10.8 Å². The Morgan fingerprint density at radius 3 is 2.70 bits per heavy atom. The van der Waals surface area contributed by atoms with E-state index in [0.29, 0.717) is 19.6 Å². The minimum Gasteiger partial charge on any atom is -0.477 e. The molecule has 0 amide bonds. The minimum atomic E-state index is -1.40. The fraction of sp³-hybridized carbons (Fsp3) is 0.455. The minimum absolute atomic E-state index is 0.00955. The van der Waals surface area contributed by atoms with E-state index in [-0.39, 0.29) is 40.4 Å². The molecule has 0 radical (unpaired) electrons. The van der Waals surface area contributed by atoms with Crippen molar-refractivity contribution in [1.29, 1.82) is 0 Å². The van der Waals surface area contributed by atoms with Gasteiger partial charge in [0.1, 0.15) is 17.1 Å². The molecular formula is C22H23F2N3O3. The van der Waals surface area contributed by atoms with Gasteiger partial charge in [-0.25, -0.2) is 13.6 Å². The van der Waals surface area contributed by atoms with Crippen molar-refractivity contribution in [2.45, 2.75) is 25.3 Å². The molecule has 5 rings (SSSR count). The average Bonchev–Trinajstić information content (AvgIpc) is 3.46. The molecule has 3 aliphatic rings. The molecule has 2 fully saturated rings. The zero-order valence-electron chi connectivity index (χ0n) is 16.4. The fourth-order valence-corrected chi connectivity index (χ4v) is 5.13. The number of anilines is 1. The van der Waals surface area contributed by atoms with Crippen LogP contribution in [0.4, 0.5) is 14.5 Å². The van der Waals surface area contributed by atoms with Crippen LogP contribution in [-0.4, -0.2) is 35.3 Å². The summed E-state index contributed by atoms with van der Waals surface area (Å²) < 4.78 is 32.4. The molecule has 158 valence electrons. The number of aromatic carboxylic acids is 1. The second-order valence-corrected chi connectivity index (χ2v) is 8.62. The van der Waals surface area contributed by atoms with Gasteiger partial charge in [-0.2, -0.15) is 0 Å². The number of halogens is 2. The van der Waals surface area contributed by atoms with Crippen molar-refractivity contribution >= 4 is 22.6 Å². The van der Waals surface area contributed by atoms with Gasteiger partial charge >= 0.3 is 5.97 Å². The summed E-state index contributed by atoms with van der Waals surface area (Å²) in [4.78, 5) is 25.8. The molecule has 1 saturated heterocycles. The van der Waals surface area contributed by atoms with Gasteiger partial charge in [0.15, 0.2) is 5.82 Å². The quantitative estimate of drug-likeness (QED) is 0.750. The number of pyridine rings is 1. The third kappa shape index (κ3) is 2.85. The van der Waals surface area contributed by atoms with Crippen LogP contribution in [0.5, 0.6) is 0 Å². The van der Waals surface area contributed by atoms with Crippen LogP contribution in [0, 0.1) is 29.4 Å². The Morgan fingerprint density at radius 2 is 2.03 bits per heavy atom. The fourth-order valence-electron chi connectivity index (χ4n) is 5.13. The van der Waals surface area contributed by atoms with Gasteiger partial charge in [0.25, 0.3) is 0 Å². The molecule has 0 bridgehead atoms. The number of carboxylic acids is 1. The molecule has 3 atom stereocenters. The van der Waals surface area contributed by atoms with Crippen molar-refractivity contribution in [3.63, 3.8) is 0 Å². The number of nitrogens with two attached hydrogens (primary N) is 1. The summed E-state index contributed by atoms with van der Waals surface area (Å²) in [5, 5.41) is 9.13. The van der Waals surface area contributed by atoms with E-state index in [1.807, 2.05) is 0 Å². The predicted octanol–water partition coefficient (Wildman–Crippen LogP) is 2.90. The summed E-state index contributed by atoms with van der Waals surface area (Å²) in [7, 11) is 0. The van der Waals surface area contributed by atoms with E-state index >= 15 is 8.78 Å². The molecule has 2 heterocycles. The van der Waals surface area contributed by atoms with Crippen LogP contribution in [0.1, 0.15) is 35.7 Å². The number of fused-ring (bicyclic) bond motifs is 2. The molecule has 2 unspecified atom stereocenters. The summed E-state index contributed by atoms with van der Waals surface area (Å²) >= 11 is 0. The summed E-state index contributed by atoms with van der Waals surface area (Å²) in [5.74, 6) is -2.34. The summed E-state index contributed by atoms with van der Waals surface area (Å²) in [6.45, 7) is 1.51. The Hall–Kier alpha value is -2.74. The van der Waals surface area contributed by atoms with Gasteiger partial charge in [-0.3, -0.25) is 4.79 Å². The van der Waals surface area contributed by atoms with Crippen molar-refractivity contribution in [3.05, 3.63) is 51.8 Å². The third-order valence-electron chi connectivity index (χ3n) is 6.81. The second-order valence-electron chi connectivity index (χ2n) is 8.62. The first-order chi connectivity index (χ1) is 14.4. The molecule has 8 heteroatoms. The monoisotopic (exact) mass is 415 g/mol. The maximum Gasteiger partial charge on any atom is 0.341 e. The SMILES string of the molecule is NC[C@H]1CC=CC2CN(c3c(F)cc4c(=O)c(C(=O)O)cn(C5CC5)c4c3F)CC21. The van der Waals surface area contributed by atoms with Gasteiger partial charge in [0, 0.05) is 25.3 Å². The van der Waals surface area contributed by atoms with Crippen molar-refractivity contribution in [2.24, 2.45) is 23.5 Å². The van der Waals surface area contributed by atoms with Gasteiger partial charge in [-0.05, 0) is 49.6 Å². The molecule has 1 saturated carbocycles. The number of allylic oxidation sites excluding steroid dienone is 1. The van der Waals surface area contributed by atoms with Crippen molar-refractivity contribution in [1.82, 2.24) is 4.57 Å². The maximum absolute atomic E-state index is 15.8. The van der Waals surface area contributed by atoms with Crippen LogP contribution in [0.15, 0.2) is 29.2 Å². The summed E-state index contributed by atoms with van der Waals surface area (Å²) in [6.07, 6.45) is 7.79. The van der Waals surface area contributed by atoms with Crippen molar-refractivity contribution < 1.29 is 18.7 Å². The van der Waals surface area contributed by atoms with Crippen LogP contribution in [0.2, 0.25) is 0 Å². The lowest BCUT2D eigenvalue weighted by molar-refractivity contribution is 0.0695. The van der Waals surface area contributed by atoms with Crippen LogP contribution < -0.4 is 16.1 Å². The summed E-state index contributed by atoms with van der Waals surface area (Å²) in [5.41, 5.74) is 4.43. The van der Waals surface area contributed by atoms with Crippen LogP contribution in [-0.2, 0) is 0 Å². The first kappa shape index (κ1) is 19.2. The Balaban J connectivity index is 1.67. The number of aromatic nitrogens is 1. The smallest absolute Gasteiger partial charge is 0.341 e. The number of hydrogen-bond donors (Lipinski definition) is 2. The summed E-state index contributed by atoms with van der Waals surface area (Å²) in [6, 6.07) is 0.921. The van der Waals surface area contributed by atoms with Crippen LogP contribution in [0.3, 0.4) is 0 Å². The molecule has 0 spiro atoms. The van der Waals surface area contributed by atoms with Gasteiger partial charge < -0.3 is 20.3 Å². The van der Waals surface area contributed by atoms with Crippen molar-refractivity contribution in [2.75, 3.05) is 24.5 Å². The molecule has 1 aromatic heterocycles. The highest BCUT2D eigenvalue weighted by Gasteiger charge is 2.40. The molecule has 2 aliphatic carbocycles. The van der Waals surface area contributed by atoms with E-state index in [0.717, 1.165) is 25.3 Å². The van der Waals surface area contributed by atoms with Crippen LogP contribution in [0.25, 0.3) is 10.9 Å². The highest BCUT2D eigenvalue weighted by atomic mass is 19.1. The Kier molecular flexibility index (Phi) is 4.43. The largest absolute Gasteiger partial charge is 0.477 e. The van der Waals surface area contributed by atoms with Gasteiger partial charge in [0.05, 0.1) is 10.9 Å². The van der Waals surface area contributed by atoms with E-state index in [2.05, 4.69) is 12.2 Å². The van der Waals surface area contributed by atoms with Crippen molar-refractivity contribution in [3.8, 4) is 0 Å². The number of hydrogen-bond acceptors (Lipinski definition) is 4. The molecule has 6 nitrogen and oxygen atoms in total. The van der Waals surface area contributed by atoms with E-state index in [9.17, 15) is 14.7 Å². The zero-order valence-corrected chi connectivity index (χ0v) is 16.4. The highest BCUT2D eigenvalue weighted by molar-refractivity contribution is 5.94. The number of rotatable bonds is 4. The predicted molar refractivity (Wildman–Crippen MR) is 109 cm³/mol. The number of nitrogens with zero attached hydrogens (tertiary/aromatic N) is 2. The maximum atomic E-state index is 15.8. The average molecular weight is 415 g/mol. The lowest BCUT2D eigenvalue weighted by Crippen LogP contribution is -2.30. The van der Waals surface area contributed by atoms with Gasteiger partial charge in [-0.1, -0.05) is 12.2 Å². The molecule has 1 aromatic carbocycles. The molecule has 2 aromatic rings. The number of carboxylic acid groups (broad SMARTS) is 1. The second kappa shape index (κ2) is 6.91.